The van der Waals surface area contributed by atoms with Gasteiger partial charge in [0.1, 0.15) is 16.9 Å². The van der Waals surface area contributed by atoms with Crippen LogP contribution in [0, 0.1) is 13.8 Å². The Bertz CT molecular complexity index is 1290. The Balaban J connectivity index is 1.79. The fourth-order valence-corrected chi connectivity index (χ4v) is 3.69. The second kappa shape index (κ2) is 8.96. The van der Waals surface area contributed by atoms with Crippen LogP contribution in [-0.4, -0.2) is 39.7 Å². The van der Waals surface area contributed by atoms with Crippen molar-refractivity contribution in [1.29, 1.82) is 0 Å². The number of ether oxygens (including phenoxy) is 1. The van der Waals surface area contributed by atoms with Crippen molar-refractivity contribution >= 4 is 33.9 Å². The SMILES string of the molecule is Cc1ccc(-n2c(N)c(C(=O)NCCCOC(C)C)c3nc4ccccc4nc32)cc1C. The second-order valence-electron chi connectivity index (χ2n) is 8.28. The maximum absolute atomic E-state index is 13.2. The number of para-hydroxylation sites is 2. The molecule has 166 valence electrons. The van der Waals surface area contributed by atoms with Crippen LogP contribution < -0.4 is 11.1 Å². The molecule has 32 heavy (non-hydrogen) atoms. The summed E-state index contributed by atoms with van der Waals surface area (Å²) in [5, 5.41) is 2.96. The molecule has 3 N–H and O–H groups in total. The molecule has 0 spiro atoms. The molecular weight excluding hydrogens is 402 g/mol. The number of nitrogens with two attached hydrogens (primary N) is 1. The van der Waals surface area contributed by atoms with Crippen LogP contribution in [0.5, 0.6) is 0 Å². The minimum atomic E-state index is -0.260. The lowest BCUT2D eigenvalue weighted by Gasteiger charge is -2.10. The number of fused-ring (bicyclic) bond motifs is 2. The fourth-order valence-electron chi connectivity index (χ4n) is 3.69. The lowest BCUT2D eigenvalue weighted by Crippen LogP contribution is -2.26. The number of aromatic nitrogens is 3. The highest BCUT2D eigenvalue weighted by Gasteiger charge is 2.24. The molecule has 0 radical (unpaired) electrons. The van der Waals surface area contributed by atoms with Gasteiger partial charge in [-0.05, 0) is 69.5 Å². The van der Waals surface area contributed by atoms with E-state index in [1.807, 2.05) is 60.9 Å². The first kappa shape index (κ1) is 21.8. The van der Waals surface area contributed by atoms with E-state index < -0.39 is 0 Å². The average Bonchev–Trinajstić information content (AvgIpc) is 3.04. The third-order valence-corrected chi connectivity index (χ3v) is 5.53. The van der Waals surface area contributed by atoms with Crippen molar-refractivity contribution in [2.45, 2.75) is 40.2 Å². The zero-order valence-corrected chi connectivity index (χ0v) is 19.0. The highest BCUT2D eigenvalue weighted by Crippen LogP contribution is 2.31. The van der Waals surface area contributed by atoms with Crippen LogP contribution in [0.3, 0.4) is 0 Å². The van der Waals surface area contributed by atoms with Crippen molar-refractivity contribution in [3.8, 4) is 5.69 Å². The molecule has 4 aromatic rings. The number of hydrogen-bond donors (Lipinski definition) is 2. The summed E-state index contributed by atoms with van der Waals surface area (Å²) in [6.07, 6.45) is 0.884. The Morgan fingerprint density at radius 2 is 1.81 bits per heavy atom. The van der Waals surface area contributed by atoms with Crippen LogP contribution in [-0.2, 0) is 4.74 Å². The first-order valence-electron chi connectivity index (χ1n) is 10.9. The number of carbonyl (C=O) groups excluding carboxylic acids is 1. The Labute approximate surface area is 187 Å². The molecule has 0 unspecified atom stereocenters. The molecule has 7 heteroatoms. The van der Waals surface area contributed by atoms with E-state index in [0.29, 0.717) is 42.1 Å². The maximum atomic E-state index is 13.2. The van der Waals surface area contributed by atoms with Crippen molar-refractivity contribution in [1.82, 2.24) is 19.9 Å². The predicted octanol–water partition coefficient (Wildman–Crippen LogP) is 4.32. The van der Waals surface area contributed by atoms with Gasteiger partial charge in [0, 0.05) is 18.8 Å². The molecule has 0 aliphatic heterocycles. The number of benzene rings is 2. The smallest absolute Gasteiger partial charge is 0.257 e. The van der Waals surface area contributed by atoms with Crippen molar-refractivity contribution < 1.29 is 9.53 Å². The Hall–Kier alpha value is -3.45. The minimum Gasteiger partial charge on any atom is -0.384 e. The van der Waals surface area contributed by atoms with E-state index in [1.54, 1.807) is 0 Å². The van der Waals surface area contributed by atoms with Crippen LogP contribution >= 0.6 is 0 Å². The van der Waals surface area contributed by atoms with Gasteiger partial charge in [0.2, 0.25) is 0 Å². The number of nitrogens with zero attached hydrogens (tertiary/aromatic N) is 3. The van der Waals surface area contributed by atoms with Crippen LogP contribution in [0.25, 0.3) is 27.9 Å². The highest BCUT2D eigenvalue weighted by atomic mass is 16.5. The van der Waals surface area contributed by atoms with E-state index >= 15 is 0 Å². The highest BCUT2D eigenvalue weighted by molar-refractivity contribution is 6.11. The zero-order chi connectivity index (χ0) is 22.8. The van der Waals surface area contributed by atoms with Crippen molar-refractivity contribution in [2.24, 2.45) is 0 Å². The van der Waals surface area contributed by atoms with E-state index in [0.717, 1.165) is 22.3 Å². The normalized spacial score (nSPS) is 11.5. The van der Waals surface area contributed by atoms with E-state index in [2.05, 4.69) is 19.2 Å². The molecule has 0 bridgehead atoms. The number of anilines is 1. The molecule has 2 aromatic heterocycles. The lowest BCUT2D eigenvalue weighted by atomic mass is 10.1. The molecule has 7 nitrogen and oxygen atoms in total. The van der Waals surface area contributed by atoms with Crippen molar-refractivity contribution in [3.63, 3.8) is 0 Å². The van der Waals surface area contributed by atoms with Gasteiger partial charge in [-0.3, -0.25) is 9.36 Å². The first-order valence-corrected chi connectivity index (χ1v) is 10.9. The van der Waals surface area contributed by atoms with Gasteiger partial charge in [-0.2, -0.15) is 0 Å². The quantitative estimate of drug-likeness (QED) is 0.425. The van der Waals surface area contributed by atoms with Gasteiger partial charge in [0.25, 0.3) is 5.91 Å². The zero-order valence-electron chi connectivity index (χ0n) is 19.0. The van der Waals surface area contributed by atoms with E-state index in [1.165, 1.54) is 5.56 Å². The maximum Gasteiger partial charge on any atom is 0.257 e. The monoisotopic (exact) mass is 431 g/mol. The summed E-state index contributed by atoms with van der Waals surface area (Å²) in [6, 6.07) is 13.7. The number of amides is 1. The summed E-state index contributed by atoms with van der Waals surface area (Å²) < 4.78 is 7.37. The first-order chi connectivity index (χ1) is 15.4. The number of aryl methyl sites for hydroxylation is 2. The molecule has 0 aliphatic rings. The summed E-state index contributed by atoms with van der Waals surface area (Å²) in [4.78, 5) is 22.7. The van der Waals surface area contributed by atoms with Gasteiger partial charge in [0.15, 0.2) is 5.65 Å². The van der Waals surface area contributed by atoms with E-state index in [-0.39, 0.29) is 12.0 Å². The summed E-state index contributed by atoms with van der Waals surface area (Å²) >= 11 is 0. The fraction of sp³-hybridized carbons (Fsp3) is 0.320. The molecule has 2 heterocycles. The molecule has 0 aliphatic carbocycles. The number of nitrogen functional groups attached to an aromatic ring is 1. The molecule has 0 saturated carbocycles. The largest absolute Gasteiger partial charge is 0.384 e. The Morgan fingerprint density at radius 3 is 2.50 bits per heavy atom. The Kier molecular flexibility index (Phi) is 6.10. The molecular formula is C25H29N5O2. The molecule has 0 atom stereocenters. The second-order valence-corrected chi connectivity index (χ2v) is 8.28. The Morgan fingerprint density at radius 1 is 1.09 bits per heavy atom. The van der Waals surface area contributed by atoms with Gasteiger partial charge in [0.05, 0.1) is 17.1 Å². The topological polar surface area (TPSA) is 95.1 Å². The number of nitrogens with one attached hydrogen (secondary N) is 1. The summed E-state index contributed by atoms with van der Waals surface area (Å²) in [5.41, 5.74) is 12.6. The van der Waals surface area contributed by atoms with Crippen LogP contribution in [0.1, 0.15) is 41.8 Å². The van der Waals surface area contributed by atoms with Crippen LogP contribution in [0.4, 0.5) is 5.82 Å². The van der Waals surface area contributed by atoms with Gasteiger partial charge >= 0.3 is 0 Å². The summed E-state index contributed by atoms with van der Waals surface area (Å²) in [5.74, 6) is 0.0682. The number of hydrogen-bond acceptors (Lipinski definition) is 5. The molecule has 0 saturated heterocycles. The van der Waals surface area contributed by atoms with Gasteiger partial charge in [-0.1, -0.05) is 18.2 Å². The van der Waals surface area contributed by atoms with Gasteiger partial charge < -0.3 is 15.8 Å². The molecule has 1 amide bonds. The average molecular weight is 432 g/mol. The van der Waals surface area contributed by atoms with Crippen molar-refractivity contribution in [3.05, 3.63) is 59.2 Å². The van der Waals surface area contributed by atoms with Crippen LogP contribution in [0.2, 0.25) is 0 Å². The third-order valence-electron chi connectivity index (χ3n) is 5.53. The summed E-state index contributed by atoms with van der Waals surface area (Å²) in [7, 11) is 0. The molecule has 4 rings (SSSR count). The van der Waals surface area contributed by atoms with E-state index in [4.69, 9.17) is 20.4 Å². The molecule has 2 aromatic carbocycles. The van der Waals surface area contributed by atoms with Crippen LogP contribution in [0.15, 0.2) is 42.5 Å². The van der Waals surface area contributed by atoms with Gasteiger partial charge in [-0.15, -0.1) is 0 Å². The predicted molar refractivity (Wildman–Crippen MR) is 128 cm³/mol. The van der Waals surface area contributed by atoms with Gasteiger partial charge in [-0.25, -0.2) is 9.97 Å². The molecule has 0 fully saturated rings. The van der Waals surface area contributed by atoms with Crippen molar-refractivity contribution in [2.75, 3.05) is 18.9 Å². The number of rotatable bonds is 7. The summed E-state index contributed by atoms with van der Waals surface area (Å²) in [6.45, 7) is 9.17. The third kappa shape index (κ3) is 4.16. The number of carbonyl (C=O) groups is 1. The minimum absolute atomic E-state index is 0.167. The van der Waals surface area contributed by atoms with E-state index in [9.17, 15) is 4.79 Å². The lowest BCUT2D eigenvalue weighted by molar-refractivity contribution is 0.0757. The standard InChI is InChI=1S/C25H29N5O2/c1-15(2)32-13-7-12-27-25(31)21-22-24(29-20-9-6-5-8-19(20)28-22)30(23(21)26)18-11-10-16(3)17(4)14-18/h5-6,8-11,14-15H,7,12-13,26H2,1-4H3,(H,27,31).